The van der Waals surface area contributed by atoms with Crippen molar-refractivity contribution in [3.05, 3.63) is 71.9 Å². The molecular formula is C23H26N4O2. The molecule has 0 spiro atoms. The molecule has 6 nitrogen and oxygen atoms in total. The number of benzene rings is 2. The van der Waals surface area contributed by atoms with Crippen molar-refractivity contribution in [2.45, 2.75) is 25.4 Å². The second-order valence-electron chi connectivity index (χ2n) is 7.46. The van der Waals surface area contributed by atoms with Crippen molar-refractivity contribution in [2.24, 2.45) is 5.73 Å². The van der Waals surface area contributed by atoms with Crippen LogP contribution in [-0.2, 0) is 6.54 Å². The molecule has 0 radical (unpaired) electrons. The average Bonchev–Trinajstić information content (AvgIpc) is 3.17. The first kappa shape index (κ1) is 19.2. The smallest absolute Gasteiger partial charge is 0.257 e. The van der Waals surface area contributed by atoms with Gasteiger partial charge >= 0.3 is 0 Å². The molecule has 1 atom stereocenters. The Bertz CT molecular complexity index is 984. The largest absolute Gasteiger partial charge is 0.497 e. The number of amides is 1. The number of carbonyl (C=O) groups excluding carboxylic acids is 1. The average molecular weight is 390 g/mol. The van der Waals surface area contributed by atoms with Crippen molar-refractivity contribution < 1.29 is 9.53 Å². The molecule has 1 unspecified atom stereocenters. The number of nitrogens with zero attached hydrogens (tertiary/aromatic N) is 3. The van der Waals surface area contributed by atoms with Gasteiger partial charge in [-0.3, -0.25) is 9.48 Å². The number of carbonyl (C=O) groups is 1. The molecule has 0 saturated carbocycles. The van der Waals surface area contributed by atoms with Gasteiger partial charge in [-0.2, -0.15) is 5.10 Å². The molecular weight excluding hydrogens is 364 g/mol. The summed E-state index contributed by atoms with van der Waals surface area (Å²) in [5.41, 5.74) is 9.37. The monoisotopic (exact) mass is 390 g/mol. The second-order valence-corrected chi connectivity index (χ2v) is 7.46. The van der Waals surface area contributed by atoms with E-state index in [0.717, 1.165) is 36.3 Å². The minimum atomic E-state index is -0.0164. The summed E-state index contributed by atoms with van der Waals surface area (Å²) in [7, 11) is 1.63. The molecule has 1 fully saturated rings. The van der Waals surface area contributed by atoms with Crippen LogP contribution in [0.2, 0.25) is 0 Å². The lowest BCUT2D eigenvalue weighted by Gasteiger charge is -2.30. The maximum atomic E-state index is 13.3. The van der Waals surface area contributed by atoms with Crippen LogP contribution in [0.4, 0.5) is 0 Å². The van der Waals surface area contributed by atoms with E-state index in [0.29, 0.717) is 24.3 Å². The molecule has 0 aliphatic carbocycles. The maximum absolute atomic E-state index is 13.3. The highest BCUT2D eigenvalue weighted by atomic mass is 16.5. The predicted octanol–water partition coefficient (Wildman–Crippen LogP) is 3.17. The zero-order valence-corrected chi connectivity index (χ0v) is 16.6. The van der Waals surface area contributed by atoms with Crippen molar-refractivity contribution in [2.75, 3.05) is 20.2 Å². The Hall–Kier alpha value is -3.12. The Balaban J connectivity index is 1.71. The summed E-state index contributed by atoms with van der Waals surface area (Å²) < 4.78 is 7.20. The molecule has 2 N–H and O–H groups in total. The summed E-state index contributed by atoms with van der Waals surface area (Å²) in [5, 5.41) is 4.77. The van der Waals surface area contributed by atoms with E-state index in [1.165, 1.54) is 0 Å². The van der Waals surface area contributed by atoms with Crippen molar-refractivity contribution >= 4 is 5.91 Å². The van der Waals surface area contributed by atoms with Crippen LogP contribution in [0.1, 0.15) is 28.8 Å². The van der Waals surface area contributed by atoms with Gasteiger partial charge in [-0.25, -0.2) is 0 Å². The van der Waals surface area contributed by atoms with E-state index in [-0.39, 0.29) is 11.9 Å². The lowest BCUT2D eigenvalue weighted by molar-refractivity contribution is 0.0709. The highest BCUT2D eigenvalue weighted by Gasteiger charge is 2.26. The minimum absolute atomic E-state index is 0.0164. The maximum Gasteiger partial charge on any atom is 0.257 e. The van der Waals surface area contributed by atoms with Gasteiger partial charge in [-0.1, -0.05) is 42.5 Å². The normalized spacial score (nSPS) is 16.6. The van der Waals surface area contributed by atoms with Gasteiger partial charge in [0.2, 0.25) is 0 Å². The van der Waals surface area contributed by atoms with Crippen molar-refractivity contribution in [3.63, 3.8) is 0 Å². The van der Waals surface area contributed by atoms with E-state index >= 15 is 0 Å². The predicted molar refractivity (Wildman–Crippen MR) is 113 cm³/mol. The topological polar surface area (TPSA) is 73.4 Å². The lowest BCUT2D eigenvalue weighted by Crippen LogP contribution is -2.45. The SMILES string of the molecule is COc1cccc(-c2nn(Cc3ccccc3)cc2C(=O)N2CCCC(N)C2)c1. The molecule has 29 heavy (non-hydrogen) atoms. The number of ether oxygens (including phenoxy) is 1. The molecule has 0 bridgehead atoms. The number of piperidine rings is 1. The number of rotatable bonds is 5. The summed E-state index contributed by atoms with van der Waals surface area (Å²) in [6.07, 6.45) is 3.74. The van der Waals surface area contributed by atoms with Gasteiger partial charge in [0, 0.05) is 30.9 Å². The van der Waals surface area contributed by atoms with Crippen LogP contribution in [-0.4, -0.2) is 46.8 Å². The highest BCUT2D eigenvalue weighted by Crippen LogP contribution is 2.27. The first-order valence-electron chi connectivity index (χ1n) is 9.94. The summed E-state index contributed by atoms with van der Waals surface area (Å²) in [4.78, 5) is 15.2. The van der Waals surface area contributed by atoms with Crippen LogP contribution < -0.4 is 10.5 Å². The Morgan fingerprint density at radius 1 is 1.21 bits per heavy atom. The lowest BCUT2D eigenvalue weighted by atomic mass is 10.0. The van der Waals surface area contributed by atoms with E-state index in [9.17, 15) is 4.79 Å². The summed E-state index contributed by atoms with van der Waals surface area (Å²) in [5.74, 6) is 0.718. The van der Waals surface area contributed by atoms with Crippen LogP contribution in [0.15, 0.2) is 60.8 Å². The quantitative estimate of drug-likeness (QED) is 0.726. The standard InChI is InChI=1S/C23H26N4O2/c1-29-20-11-5-9-18(13-20)22-21(23(28)26-12-6-10-19(24)15-26)16-27(25-22)14-17-7-3-2-4-8-17/h2-5,7-9,11,13,16,19H,6,10,12,14-15,24H2,1H3. The second kappa shape index (κ2) is 8.49. The number of likely N-dealkylation sites (tertiary alicyclic amines) is 1. The van der Waals surface area contributed by atoms with Crippen LogP contribution >= 0.6 is 0 Å². The van der Waals surface area contributed by atoms with Crippen molar-refractivity contribution in [1.29, 1.82) is 0 Å². The molecule has 4 rings (SSSR count). The molecule has 1 aliphatic heterocycles. The Morgan fingerprint density at radius 3 is 2.79 bits per heavy atom. The van der Waals surface area contributed by atoms with E-state index in [1.54, 1.807) is 7.11 Å². The third kappa shape index (κ3) is 4.32. The van der Waals surface area contributed by atoms with Gasteiger partial charge in [0.05, 0.1) is 19.2 Å². The molecule has 150 valence electrons. The molecule has 1 saturated heterocycles. The van der Waals surface area contributed by atoms with Crippen molar-refractivity contribution in [1.82, 2.24) is 14.7 Å². The summed E-state index contributed by atoms with van der Waals surface area (Å²) in [6.45, 7) is 1.92. The van der Waals surface area contributed by atoms with Crippen LogP contribution in [0.5, 0.6) is 5.75 Å². The summed E-state index contributed by atoms with van der Waals surface area (Å²) in [6, 6.07) is 17.8. The molecule has 2 heterocycles. The van der Waals surface area contributed by atoms with Crippen LogP contribution in [0.3, 0.4) is 0 Å². The van der Waals surface area contributed by atoms with Gasteiger partial charge in [0.1, 0.15) is 11.4 Å². The van der Waals surface area contributed by atoms with E-state index < -0.39 is 0 Å². The van der Waals surface area contributed by atoms with Gasteiger partial charge < -0.3 is 15.4 Å². The Morgan fingerprint density at radius 2 is 2.03 bits per heavy atom. The van der Waals surface area contributed by atoms with Gasteiger partial charge in [-0.05, 0) is 30.5 Å². The zero-order chi connectivity index (χ0) is 20.2. The minimum Gasteiger partial charge on any atom is -0.497 e. The summed E-state index contributed by atoms with van der Waals surface area (Å²) >= 11 is 0. The molecule has 1 aliphatic rings. The third-order valence-electron chi connectivity index (χ3n) is 5.27. The van der Waals surface area contributed by atoms with Gasteiger partial charge in [0.15, 0.2) is 0 Å². The highest BCUT2D eigenvalue weighted by molar-refractivity contribution is 6.00. The number of hydrogen-bond donors (Lipinski definition) is 1. The first-order chi connectivity index (χ1) is 14.1. The molecule has 2 aromatic carbocycles. The number of nitrogens with two attached hydrogens (primary N) is 1. The van der Waals surface area contributed by atoms with E-state index in [1.807, 2.05) is 58.2 Å². The van der Waals surface area contributed by atoms with E-state index in [4.69, 9.17) is 15.6 Å². The number of aromatic nitrogens is 2. The van der Waals surface area contributed by atoms with Gasteiger partial charge in [0.25, 0.3) is 5.91 Å². The molecule has 1 aromatic heterocycles. The fourth-order valence-corrected chi connectivity index (χ4v) is 3.78. The zero-order valence-electron chi connectivity index (χ0n) is 16.6. The Kier molecular flexibility index (Phi) is 5.62. The molecule has 3 aromatic rings. The Labute approximate surface area is 170 Å². The number of methoxy groups -OCH3 is 1. The molecule has 6 heteroatoms. The molecule has 1 amide bonds. The first-order valence-corrected chi connectivity index (χ1v) is 9.94. The fraction of sp³-hybridized carbons (Fsp3) is 0.304. The van der Waals surface area contributed by atoms with Gasteiger partial charge in [-0.15, -0.1) is 0 Å². The third-order valence-corrected chi connectivity index (χ3v) is 5.27. The fourth-order valence-electron chi connectivity index (χ4n) is 3.78. The van der Waals surface area contributed by atoms with Crippen LogP contribution in [0, 0.1) is 0 Å². The van der Waals surface area contributed by atoms with Crippen molar-refractivity contribution in [3.8, 4) is 17.0 Å². The van der Waals surface area contributed by atoms with E-state index in [2.05, 4.69) is 12.1 Å². The number of hydrogen-bond acceptors (Lipinski definition) is 4. The van der Waals surface area contributed by atoms with Crippen LogP contribution in [0.25, 0.3) is 11.3 Å².